The van der Waals surface area contributed by atoms with Crippen LogP contribution in [0.15, 0.2) is 18.3 Å². The molecule has 0 bridgehead atoms. The van der Waals surface area contributed by atoms with E-state index in [0.717, 1.165) is 18.4 Å². The first kappa shape index (κ1) is 32.0. The van der Waals surface area contributed by atoms with Crippen LogP contribution in [0.1, 0.15) is 86.1 Å². The molecular formula is C31H49N3O6. The SMILES string of the molecule is CCOC[C@H](CC(=O)[C@@H]1CN(C(=O)OC(C)(C)C)C[C@H](C(=O)N(c2ccc(C(C)C)cn2)C2CC2)[C@@H]1O)C(C)C. The fourth-order valence-electron chi connectivity index (χ4n) is 5.08. The van der Waals surface area contributed by atoms with E-state index in [4.69, 9.17) is 9.47 Å². The van der Waals surface area contributed by atoms with Crippen LogP contribution in [0.5, 0.6) is 0 Å². The first-order valence-electron chi connectivity index (χ1n) is 14.8. The normalized spacial score (nSPS) is 22.4. The molecule has 1 N–H and O–H groups in total. The van der Waals surface area contributed by atoms with E-state index in [1.807, 2.05) is 32.9 Å². The van der Waals surface area contributed by atoms with E-state index in [9.17, 15) is 19.5 Å². The lowest BCUT2D eigenvalue weighted by Gasteiger charge is -2.42. The van der Waals surface area contributed by atoms with Crippen LogP contribution >= 0.6 is 0 Å². The summed E-state index contributed by atoms with van der Waals surface area (Å²) in [6.45, 7) is 16.4. The first-order valence-corrected chi connectivity index (χ1v) is 14.8. The third kappa shape index (κ3) is 8.26. The van der Waals surface area contributed by atoms with Gasteiger partial charge in [0.25, 0.3) is 0 Å². The Balaban J connectivity index is 1.91. The van der Waals surface area contributed by atoms with Crippen LogP contribution in [0.3, 0.4) is 0 Å². The summed E-state index contributed by atoms with van der Waals surface area (Å²) < 4.78 is 11.2. The smallest absolute Gasteiger partial charge is 0.410 e. The van der Waals surface area contributed by atoms with Crippen molar-refractivity contribution in [3.8, 4) is 0 Å². The number of ketones is 1. The molecule has 224 valence electrons. The Kier molecular flexibility index (Phi) is 10.7. The van der Waals surface area contributed by atoms with Gasteiger partial charge in [0.05, 0.1) is 24.5 Å². The number of aromatic nitrogens is 1. The van der Waals surface area contributed by atoms with Gasteiger partial charge in [0.2, 0.25) is 5.91 Å². The van der Waals surface area contributed by atoms with E-state index in [1.54, 1.807) is 31.9 Å². The summed E-state index contributed by atoms with van der Waals surface area (Å²) in [5.41, 5.74) is 0.326. The largest absolute Gasteiger partial charge is 0.444 e. The maximum atomic E-state index is 14.1. The highest BCUT2D eigenvalue weighted by Gasteiger charge is 2.48. The number of nitrogens with zero attached hydrogens (tertiary/aromatic N) is 3. The first-order chi connectivity index (χ1) is 18.7. The number of likely N-dealkylation sites (tertiary alicyclic amines) is 1. The summed E-state index contributed by atoms with van der Waals surface area (Å²) in [6, 6.07) is 3.80. The van der Waals surface area contributed by atoms with Gasteiger partial charge in [0.1, 0.15) is 17.2 Å². The van der Waals surface area contributed by atoms with Crippen LogP contribution in [0.25, 0.3) is 0 Å². The predicted molar refractivity (Wildman–Crippen MR) is 154 cm³/mol. The monoisotopic (exact) mass is 559 g/mol. The van der Waals surface area contributed by atoms with Gasteiger partial charge in [-0.15, -0.1) is 0 Å². The number of anilines is 1. The molecule has 1 saturated heterocycles. The van der Waals surface area contributed by atoms with E-state index in [1.165, 1.54) is 4.90 Å². The van der Waals surface area contributed by atoms with Crippen molar-refractivity contribution in [3.63, 3.8) is 0 Å². The molecule has 9 nitrogen and oxygen atoms in total. The lowest BCUT2D eigenvalue weighted by Crippen LogP contribution is -2.59. The molecule has 2 aliphatic rings. The van der Waals surface area contributed by atoms with Crippen LogP contribution in [0.2, 0.25) is 0 Å². The van der Waals surface area contributed by atoms with Crippen molar-refractivity contribution >= 4 is 23.6 Å². The molecule has 0 unspecified atom stereocenters. The van der Waals surface area contributed by atoms with Gasteiger partial charge in [-0.3, -0.25) is 14.5 Å². The molecular weight excluding hydrogens is 510 g/mol. The van der Waals surface area contributed by atoms with Gasteiger partial charge in [0.15, 0.2) is 0 Å². The van der Waals surface area contributed by atoms with Crippen LogP contribution in [0.4, 0.5) is 10.6 Å². The molecule has 4 atom stereocenters. The summed E-state index contributed by atoms with van der Waals surface area (Å²) in [4.78, 5) is 48.6. The van der Waals surface area contributed by atoms with Gasteiger partial charge in [0, 0.05) is 38.4 Å². The zero-order chi connectivity index (χ0) is 29.8. The molecule has 1 saturated carbocycles. The second-order valence-corrected chi connectivity index (χ2v) is 13.0. The summed E-state index contributed by atoms with van der Waals surface area (Å²) in [5.74, 6) is -1.38. The number of hydrogen-bond acceptors (Lipinski definition) is 7. The molecule has 2 heterocycles. The highest BCUT2D eigenvalue weighted by Crippen LogP contribution is 2.36. The number of rotatable bonds is 11. The molecule has 0 aromatic carbocycles. The molecule has 0 radical (unpaired) electrons. The Morgan fingerprint density at radius 3 is 2.25 bits per heavy atom. The summed E-state index contributed by atoms with van der Waals surface area (Å²) in [5, 5.41) is 11.5. The minimum atomic E-state index is -1.23. The summed E-state index contributed by atoms with van der Waals surface area (Å²) in [6.07, 6.45) is 1.84. The topological polar surface area (TPSA) is 109 Å². The van der Waals surface area contributed by atoms with Gasteiger partial charge in [-0.1, -0.05) is 33.8 Å². The van der Waals surface area contributed by atoms with E-state index in [0.29, 0.717) is 24.9 Å². The molecule has 0 spiro atoms. The number of aliphatic hydroxyl groups excluding tert-OH is 1. The number of aliphatic hydroxyl groups is 1. The number of amides is 2. The van der Waals surface area contributed by atoms with E-state index in [2.05, 4.69) is 18.8 Å². The summed E-state index contributed by atoms with van der Waals surface area (Å²) in [7, 11) is 0. The van der Waals surface area contributed by atoms with Crippen LogP contribution in [-0.2, 0) is 19.1 Å². The molecule has 2 amide bonds. The van der Waals surface area contributed by atoms with Crippen molar-refractivity contribution in [1.82, 2.24) is 9.88 Å². The second kappa shape index (κ2) is 13.4. The number of carbonyl (C=O) groups excluding carboxylic acids is 3. The number of hydrogen-bond donors (Lipinski definition) is 1. The number of piperidine rings is 1. The van der Waals surface area contributed by atoms with Crippen LogP contribution in [-0.4, -0.2) is 76.8 Å². The van der Waals surface area contributed by atoms with Gasteiger partial charge in [-0.05, 0) is 69.9 Å². The number of Topliss-reactive ketones (excluding diaryl/α,β-unsaturated/α-hetero) is 1. The third-order valence-corrected chi connectivity index (χ3v) is 7.82. The van der Waals surface area contributed by atoms with Gasteiger partial charge < -0.3 is 19.5 Å². The van der Waals surface area contributed by atoms with E-state index < -0.39 is 29.6 Å². The summed E-state index contributed by atoms with van der Waals surface area (Å²) >= 11 is 0. The molecule has 9 heteroatoms. The Bertz CT molecular complexity index is 1010. The minimum Gasteiger partial charge on any atom is -0.444 e. The Hall–Kier alpha value is -2.52. The second-order valence-electron chi connectivity index (χ2n) is 13.0. The maximum absolute atomic E-state index is 14.1. The minimum absolute atomic E-state index is 0.00288. The average Bonchev–Trinajstić information content (AvgIpc) is 3.70. The average molecular weight is 560 g/mol. The van der Waals surface area contributed by atoms with Crippen molar-refractivity contribution in [2.24, 2.45) is 23.7 Å². The maximum Gasteiger partial charge on any atom is 0.410 e. The number of ether oxygens (including phenoxy) is 2. The fraction of sp³-hybridized carbons (Fsp3) is 0.742. The fourth-order valence-corrected chi connectivity index (χ4v) is 5.08. The Labute approximate surface area is 239 Å². The lowest BCUT2D eigenvalue weighted by molar-refractivity contribution is -0.140. The number of carbonyl (C=O) groups is 3. The molecule has 1 aliphatic heterocycles. The van der Waals surface area contributed by atoms with Gasteiger partial charge in [-0.25, -0.2) is 9.78 Å². The highest BCUT2D eigenvalue weighted by atomic mass is 16.6. The van der Waals surface area contributed by atoms with Crippen LogP contribution < -0.4 is 4.90 Å². The Morgan fingerprint density at radius 1 is 1.10 bits per heavy atom. The molecule has 1 aliphatic carbocycles. The van der Waals surface area contributed by atoms with Gasteiger partial charge in [-0.2, -0.15) is 0 Å². The predicted octanol–water partition coefficient (Wildman–Crippen LogP) is 4.81. The van der Waals surface area contributed by atoms with E-state index >= 15 is 0 Å². The highest BCUT2D eigenvalue weighted by molar-refractivity contribution is 5.97. The number of pyridine rings is 1. The van der Waals surface area contributed by atoms with E-state index in [-0.39, 0.29) is 49.1 Å². The van der Waals surface area contributed by atoms with Crippen molar-refractivity contribution in [3.05, 3.63) is 23.9 Å². The molecule has 3 rings (SSSR count). The van der Waals surface area contributed by atoms with Crippen molar-refractivity contribution in [2.45, 2.75) is 98.3 Å². The molecule has 1 aromatic rings. The zero-order valence-corrected chi connectivity index (χ0v) is 25.6. The molecule has 40 heavy (non-hydrogen) atoms. The standard InChI is InChI=1S/C31H49N3O6/c1-9-39-18-22(20(4)5)14-26(35)24-16-33(30(38)40-31(6,7)8)17-25(28(24)36)29(37)34(23-11-12-23)27-13-10-21(15-32-27)19(2)3/h10,13,15,19-20,22-25,28,36H,9,11-12,14,16-18H2,1-8H3/t22-,24-,25-,28+/m0/s1. The zero-order valence-electron chi connectivity index (χ0n) is 25.6. The third-order valence-electron chi connectivity index (χ3n) is 7.82. The molecule has 1 aromatic heterocycles. The van der Waals surface area contributed by atoms with Gasteiger partial charge >= 0.3 is 6.09 Å². The van der Waals surface area contributed by atoms with Crippen molar-refractivity contribution in [1.29, 1.82) is 0 Å². The van der Waals surface area contributed by atoms with Crippen molar-refractivity contribution < 1.29 is 29.0 Å². The Morgan fingerprint density at radius 2 is 1.75 bits per heavy atom. The molecule has 2 fully saturated rings. The van der Waals surface area contributed by atoms with Crippen LogP contribution in [0, 0.1) is 23.7 Å². The lowest BCUT2D eigenvalue weighted by atomic mass is 9.79. The van der Waals surface area contributed by atoms with Crippen molar-refractivity contribution in [2.75, 3.05) is 31.2 Å². The quantitative estimate of drug-likeness (QED) is 0.414.